The molecule has 1 saturated heterocycles. The highest BCUT2D eigenvalue weighted by Gasteiger charge is 2.24. The summed E-state index contributed by atoms with van der Waals surface area (Å²) in [5, 5.41) is 2.78. The molecule has 0 bridgehead atoms. The molecule has 1 aliphatic rings. The van der Waals surface area contributed by atoms with E-state index in [1.54, 1.807) is 12.1 Å². The van der Waals surface area contributed by atoms with Crippen molar-refractivity contribution in [1.29, 1.82) is 0 Å². The summed E-state index contributed by atoms with van der Waals surface area (Å²) in [6.45, 7) is 7.33. The zero-order valence-electron chi connectivity index (χ0n) is 15.0. The van der Waals surface area contributed by atoms with Crippen molar-refractivity contribution in [1.82, 2.24) is 5.32 Å². The van der Waals surface area contributed by atoms with E-state index in [-0.39, 0.29) is 5.56 Å². The van der Waals surface area contributed by atoms with Gasteiger partial charge in [-0.1, -0.05) is 0 Å². The Morgan fingerprint density at radius 1 is 1.36 bits per heavy atom. The fourth-order valence-corrected chi connectivity index (χ4v) is 2.96. The van der Waals surface area contributed by atoms with Crippen LogP contribution in [-0.4, -0.2) is 31.3 Å². The average Bonchev–Trinajstić information content (AvgIpc) is 2.52. The van der Waals surface area contributed by atoms with E-state index in [0.717, 1.165) is 12.8 Å². The van der Waals surface area contributed by atoms with Crippen LogP contribution in [0, 0.1) is 5.92 Å². The third kappa shape index (κ3) is 5.76. The fraction of sp³-hybridized carbons (Fsp3) is 0.611. The number of amides is 1. The molecule has 1 aliphatic heterocycles. The summed E-state index contributed by atoms with van der Waals surface area (Å²) in [7, 11) is 0. The van der Waals surface area contributed by atoms with Crippen LogP contribution in [0.15, 0.2) is 18.2 Å². The molecule has 1 aromatic carbocycles. The third-order valence-corrected chi connectivity index (χ3v) is 4.18. The number of anilines is 2. The van der Waals surface area contributed by atoms with Gasteiger partial charge in [-0.2, -0.15) is 0 Å². The summed E-state index contributed by atoms with van der Waals surface area (Å²) in [4.78, 5) is 13.7. The normalized spacial score (nSPS) is 16.2. The minimum absolute atomic E-state index is 0.0228. The Labute approximate surface area is 147 Å². The number of ether oxygens (including phenoxy) is 1. The lowest BCUT2D eigenvalue weighted by Crippen LogP contribution is -2.40. The first kappa shape index (κ1) is 19.3. The van der Waals surface area contributed by atoms with Crippen molar-refractivity contribution in [2.24, 2.45) is 5.92 Å². The number of nitrogens with one attached hydrogen (secondary N) is 1. The van der Waals surface area contributed by atoms with Crippen molar-refractivity contribution in [3.8, 4) is 0 Å². The number of piperidine rings is 1. The first-order valence-corrected chi connectivity index (χ1v) is 8.55. The first-order valence-electron chi connectivity index (χ1n) is 8.55. The lowest BCUT2D eigenvalue weighted by molar-refractivity contribution is 0.0516. The van der Waals surface area contributed by atoms with Crippen molar-refractivity contribution in [2.75, 3.05) is 30.3 Å². The predicted octanol–water partition coefficient (Wildman–Crippen LogP) is 3.95. The lowest BCUT2D eigenvalue weighted by atomic mass is 9.96. The maximum absolute atomic E-state index is 13.2. The van der Waals surface area contributed by atoms with Crippen LogP contribution in [0.3, 0.4) is 0 Å². The summed E-state index contributed by atoms with van der Waals surface area (Å²) >= 11 is 0. The SMILES string of the molecule is CC(C)(C)OC(=O)NCC1CCN(c2ccc(N)cc2C(F)F)CC1. The van der Waals surface area contributed by atoms with Crippen molar-refractivity contribution in [3.05, 3.63) is 23.8 Å². The molecule has 1 amide bonds. The molecule has 3 N–H and O–H groups in total. The molecule has 0 atom stereocenters. The zero-order valence-corrected chi connectivity index (χ0v) is 15.0. The number of alkyl carbamates (subject to hydrolysis) is 1. The molecule has 0 aliphatic carbocycles. The Morgan fingerprint density at radius 2 is 2.00 bits per heavy atom. The highest BCUT2D eigenvalue weighted by Crippen LogP contribution is 2.33. The number of benzene rings is 1. The summed E-state index contributed by atoms with van der Waals surface area (Å²) in [6, 6.07) is 4.66. The summed E-state index contributed by atoms with van der Waals surface area (Å²) in [5.41, 5.74) is 5.97. The molecule has 1 heterocycles. The van der Waals surface area contributed by atoms with Gasteiger partial charge in [-0.25, -0.2) is 13.6 Å². The Morgan fingerprint density at radius 3 is 2.56 bits per heavy atom. The first-order chi connectivity index (χ1) is 11.7. The Kier molecular flexibility index (Phi) is 6.08. The van der Waals surface area contributed by atoms with E-state index in [0.29, 0.717) is 36.9 Å². The number of hydrogen-bond donors (Lipinski definition) is 2. The monoisotopic (exact) mass is 355 g/mol. The summed E-state index contributed by atoms with van der Waals surface area (Å²) in [6.07, 6.45) is -1.33. The minimum atomic E-state index is -2.55. The zero-order chi connectivity index (χ0) is 18.6. The topological polar surface area (TPSA) is 67.6 Å². The molecule has 140 valence electrons. The second kappa shape index (κ2) is 7.89. The van der Waals surface area contributed by atoms with Gasteiger partial charge < -0.3 is 20.7 Å². The van der Waals surface area contributed by atoms with E-state index in [1.807, 2.05) is 25.7 Å². The van der Waals surface area contributed by atoms with E-state index in [1.165, 1.54) is 6.07 Å². The van der Waals surface area contributed by atoms with Gasteiger partial charge in [-0.15, -0.1) is 0 Å². The van der Waals surface area contributed by atoms with Crippen LogP contribution in [0.5, 0.6) is 0 Å². The maximum Gasteiger partial charge on any atom is 0.407 e. The molecule has 0 unspecified atom stereocenters. The molecule has 0 saturated carbocycles. The second-order valence-electron chi connectivity index (χ2n) is 7.43. The Bertz CT molecular complexity index is 594. The van der Waals surface area contributed by atoms with E-state index in [9.17, 15) is 13.6 Å². The van der Waals surface area contributed by atoms with Crippen molar-refractivity contribution in [3.63, 3.8) is 0 Å². The third-order valence-electron chi connectivity index (χ3n) is 4.18. The molecular weight excluding hydrogens is 328 g/mol. The van der Waals surface area contributed by atoms with Crippen molar-refractivity contribution in [2.45, 2.75) is 45.6 Å². The standard InChI is InChI=1S/C18H27F2N3O2/c1-18(2,3)25-17(24)22-11-12-6-8-23(9-7-12)15-5-4-13(21)10-14(15)16(19)20/h4-5,10,12,16H,6-9,11,21H2,1-3H3,(H,22,24). The maximum atomic E-state index is 13.2. The molecule has 0 radical (unpaired) electrons. The molecule has 25 heavy (non-hydrogen) atoms. The quantitative estimate of drug-likeness (QED) is 0.803. The molecule has 1 fully saturated rings. The van der Waals surface area contributed by atoms with Gasteiger partial charge in [0, 0.05) is 36.6 Å². The van der Waals surface area contributed by atoms with Crippen LogP contribution in [-0.2, 0) is 4.74 Å². The molecule has 7 heteroatoms. The van der Waals surface area contributed by atoms with Gasteiger partial charge in [0.1, 0.15) is 5.60 Å². The molecule has 5 nitrogen and oxygen atoms in total. The van der Waals surface area contributed by atoms with Crippen molar-refractivity contribution >= 4 is 17.5 Å². The van der Waals surface area contributed by atoms with E-state index < -0.39 is 18.1 Å². The van der Waals surface area contributed by atoms with E-state index in [4.69, 9.17) is 10.5 Å². The summed E-state index contributed by atoms with van der Waals surface area (Å²) in [5.74, 6) is 0.313. The van der Waals surface area contributed by atoms with Crippen LogP contribution in [0.2, 0.25) is 0 Å². The van der Waals surface area contributed by atoms with Crippen LogP contribution in [0.1, 0.15) is 45.6 Å². The van der Waals surface area contributed by atoms with Gasteiger partial charge in [0.15, 0.2) is 0 Å². The second-order valence-corrected chi connectivity index (χ2v) is 7.43. The number of alkyl halides is 2. The number of carbonyl (C=O) groups excluding carboxylic acids is 1. The molecular formula is C18H27F2N3O2. The smallest absolute Gasteiger partial charge is 0.407 e. The highest BCUT2D eigenvalue weighted by atomic mass is 19.3. The predicted molar refractivity (Wildman–Crippen MR) is 95.0 cm³/mol. The van der Waals surface area contributed by atoms with Gasteiger partial charge in [-0.05, 0) is 57.7 Å². The van der Waals surface area contributed by atoms with Gasteiger partial charge in [0.2, 0.25) is 0 Å². The van der Waals surface area contributed by atoms with E-state index in [2.05, 4.69) is 5.32 Å². The molecule has 0 spiro atoms. The number of nitrogen functional groups attached to an aromatic ring is 1. The number of halogens is 2. The number of nitrogens with two attached hydrogens (primary N) is 1. The fourth-order valence-electron chi connectivity index (χ4n) is 2.96. The van der Waals surface area contributed by atoms with Gasteiger partial charge in [0.05, 0.1) is 0 Å². The van der Waals surface area contributed by atoms with Crippen LogP contribution < -0.4 is 16.0 Å². The van der Waals surface area contributed by atoms with Crippen molar-refractivity contribution < 1.29 is 18.3 Å². The Balaban J connectivity index is 1.87. The van der Waals surface area contributed by atoms with Crippen LogP contribution in [0.25, 0.3) is 0 Å². The summed E-state index contributed by atoms with van der Waals surface area (Å²) < 4.78 is 31.7. The Hall–Kier alpha value is -2.05. The van der Waals surface area contributed by atoms with Gasteiger partial charge in [0.25, 0.3) is 6.43 Å². The minimum Gasteiger partial charge on any atom is -0.444 e. The van der Waals surface area contributed by atoms with E-state index >= 15 is 0 Å². The highest BCUT2D eigenvalue weighted by molar-refractivity contribution is 5.67. The van der Waals surface area contributed by atoms with Crippen LogP contribution >= 0.6 is 0 Å². The largest absolute Gasteiger partial charge is 0.444 e. The lowest BCUT2D eigenvalue weighted by Gasteiger charge is -2.35. The average molecular weight is 355 g/mol. The van der Waals surface area contributed by atoms with Gasteiger partial charge in [-0.3, -0.25) is 0 Å². The number of hydrogen-bond acceptors (Lipinski definition) is 4. The molecule has 1 aromatic rings. The molecule has 2 rings (SSSR count). The number of nitrogens with zero attached hydrogens (tertiary/aromatic N) is 1. The number of rotatable bonds is 4. The van der Waals surface area contributed by atoms with Gasteiger partial charge >= 0.3 is 6.09 Å². The number of carbonyl (C=O) groups is 1. The molecule has 0 aromatic heterocycles. The van der Waals surface area contributed by atoms with Crippen LogP contribution in [0.4, 0.5) is 25.0 Å².